The summed E-state index contributed by atoms with van der Waals surface area (Å²) in [5, 5.41) is 4.20. The van der Waals surface area contributed by atoms with Crippen LogP contribution >= 0.6 is 11.6 Å². The molecule has 3 heteroatoms. The summed E-state index contributed by atoms with van der Waals surface area (Å²) in [7, 11) is 0. The van der Waals surface area contributed by atoms with E-state index in [0.29, 0.717) is 0 Å². The lowest BCUT2D eigenvalue weighted by Crippen LogP contribution is -2.31. The van der Waals surface area contributed by atoms with E-state index in [0.717, 1.165) is 30.5 Å². The van der Waals surface area contributed by atoms with Crippen LogP contribution in [0.2, 0.25) is 5.02 Å². The number of piperidine rings is 1. The average molecular weight is 239 g/mol. The van der Waals surface area contributed by atoms with Crippen molar-refractivity contribution in [1.29, 1.82) is 0 Å². The van der Waals surface area contributed by atoms with Crippen molar-refractivity contribution in [1.82, 2.24) is 5.32 Å². The molecule has 0 spiro atoms. The van der Waals surface area contributed by atoms with Crippen molar-refractivity contribution in [3.05, 3.63) is 34.9 Å². The fraction of sp³-hybridized carbons (Fsp3) is 0.538. The van der Waals surface area contributed by atoms with Gasteiger partial charge in [-0.05, 0) is 56.0 Å². The summed E-state index contributed by atoms with van der Waals surface area (Å²) in [4.78, 5) is 0. The number of hydrogen-bond acceptors (Lipinski definition) is 2. The molecule has 0 saturated carbocycles. The zero-order valence-corrected chi connectivity index (χ0v) is 10.2. The Labute approximate surface area is 102 Å². The average Bonchev–Trinajstić information content (AvgIpc) is 2.31. The number of nitrogens with one attached hydrogen (secondary N) is 1. The van der Waals surface area contributed by atoms with Crippen LogP contribution in [0.25, 0.3) is 0 Å². The van der Waals surface area contributed by atoms with Gasteiger partial charge in [0.1, 0.15) is 0 Å². The first-order valence-corrected chi connectivity index (χ1v) is 6.35. The summed E-state index contributed by atoms with van der Waals surface area (Å²) in [6.07, 6.45) is 3.64. The summed E-state index contributed by atoms with van der Waals surface area (Å²) in [6.45, 7) is 2.27. The lowest BCUT2D eigenvalue weighted by atomic mass is 9.90. The molecule has 0 amide bonds. The van der Waals surface area contributed by atoms with Gasteiger partial charge in [0.05, 0.1) is 0 Å². The van der Waals surface area contributed by atoms with Crippen LogP contribution in [0, 0.1) is 5.92 Å². The van der Waals surface area contributed by atoms with Gasteiger partial charge in [-0.2, -0.15) is 0 Å². The van der Waals surface area contributed by atoms with Crippen molar-refractivity contribution in [2.75, 3.05) is 13.1 Å². The molecule has 2 nitrogen and oxygen atoms in total. The Bertz CT molecular complexity index is 317. The van der Waals surface area contributed by atoms with Crippen LogP contribution in [-0.2, 0) is 0 Å². The molecule has 3 N–H and O–H groups in total. The van der Waals surface area contributed by atoms with Crippen molar-refractivity contribution in [3.8, 4) is 0 Å². The maximum atomic E-state index is 6.21. The highest BCUT2D eigenvalue weighted by Crippen LogP contribution is 2.24. The molecular formula is C13H19ClN2. The molecule has 1 fully saturated rings. The van der Waals surface area contributed by atoms with Gasteiger partial charge in [-0.1, -0.05) is 23.7 Å². The molecule has 1 saturated heterocycles. The van der Waals surface area contributed by atoms with Crippen LogP contribution < -0.4 is 11.1 Å². The zero-order valence-electron chi connectivity index (χ0n) is 9.45. The van der Waals surface area contributed by atoms with Gasteiger partial charge in [0, 0.05) is 11.1 Å². The van der Waals surface area contributed by atoms with Crippen molar-refractivity contribution in [2.45, 2.75) is 25.3 Å². The van der Waals surface area contributed by atoms with E-state index >= 15 is 0 Å². The second kappa shape index (κ2) is 5.67. The highest BCUT2D eigenvalue weighted by molar-refractivity contribution is 6.30. The third-order valence-electron chi connectivity index (χ3n) is 3.28. The molecule has 1 aromatic rings. The fourth-order valence-electron chi connectivity index (χ4n) is 2.33. The molecule has 0 radical (unpaired) electrons. The van der Waals surface area contributed by atoms with Crippen molar-refractivity contribution in [3.63, 3.8) is 0 Å². The lowest BCUT2D eigenvalue weighted by Gasteiger charge is -2.25. The van der Waals surface area contributed by atoms with Crippen LogP contribution in [0.5, 0.6) is 0 Å². The molecular weight excluding hydrogens is 220 g/mol. The monoisotopic (exact) mass is 238 g/mol. The summed E-state index contributed by atoms with van der Waals surface area (Å²) >= 11 is 5.86. The largest absolute Gasteiger partial charge is 0.324 e. The fourth-order valence-corrected chi connectivity index (χ4v) is 2.46. The smallest absolute Gasteiger partial charge is 0.0406 e. The SMILES string of the molecule is NC(CC1CCCNC1)c1ccc(Cl)cc1. The maximum absolute atomic E-state index is 6.21. The molecule has 1 aliphatic heterocycles. The molecule has 1 heterocycles. The van der Waals surface area contributed by atoms with Gasteiger partial charge >= 0.3 is 0 Å². The summed E-state index contributed by atoms with van der Waals surface area (Å²) in [6, 6.07) is 8.03. The van der Waals surface area contributed by atoms with Gasteiger partial charge < -0.3 is 11.1 Å². The summed E-state index contributed by atoms with van der Waals surface area (Å²) in [5.74, 6) is 0.722. The van der Waals surface area contributed by atoms with Gasteiger partial charge in [-0.25, -0.2) is 0 Å². The van der Waals surface area contributed by atoms with Gasteiger partial charge in [-0.15, -0.1) is 0 Å². The van der Waals surface area contributed by atoms with Crippen LogP contribution in [0.1, 0.15) is 30.9 Å². The van der Waals surface area contributed by atoms with E-state index in [1.807, 2.05) is 24.3 Å². The van der Waals surface area contributed by atoms with Crippen molar-refractivity contribution >= 4 is 11.6 Å². The molecule has 2 rings (SSSR count). The van der Waals surface area contributed by atoms with Crippen molar-refractivity contribution < 1.29 is 0 Å². The van der Waals surface area contributed by atoms with Crippen LogP contribution in [-0.4, -0.2) is 13.1 Å². The van der Waals surface area contributed by atoms with E-state index in [4.69, 9.17) is 17.3 Å². The predicted octanol–water partition coefficient (Wildman–Crippen LogP) is 2.73. The standard InChI is InChI=1S/C13H19ClN2/c14-12-5-3-11(4-6-12)13(15)8-10-2-1-7-16-9-10/h3-6,10,13,16H,1-2,7-9,15H2. The third kappa shape index (κ3) is 3.21. The Kier molecular flexibility index (Phi) is 4.22. The number of nitrogens with two attached hydrogens (primary N) is 1. The van der Waals surface area contributed by atoms with Gasteiger partial charge in [0.25, 0.3) is 0 Å². The molecule has 2 atom stereocenters. The highest BCUT2D eigenvalue weighted by atomic mass is 35.5. The molecule has 88 valence electrons. The number of hydrogen-bond donors (Lipinski definition) is 2. The second-order valence-electron chi connectivity index (χ2n) is 4.61. The van der Waals surface area contributed by atoms with Gasteiger partial charge in [0.15, 0.2) is 0 Å². The van der Waals surface area contributed by atoms with E-state index in [1.54, 1.807) is 0 Å². The van der Waals surface area contributed by atoms with Crippen LogP contribution in [0.15, 0.2) is 24.3 Å². The Balaban J connectivity index is 1.91. The normalized spacial score (nSPS) is 23.0. The lowest BCUT2D eigenvalue weighted by molar-refractivity contribution is 0.337. The number of benzene rings is 1. The Morgan fingerprint density at radius 3 is 2.75 bits per heavy atom. The molecule has 1 aromatic carbocycles. The van der Waals surface area contributed by atoms with E-state index in [9.17, 15) is 0 Å². The Morgan fingerprint density at radius 2 is 2.12 bits per heavy atom. The third-order valence-corrected chi connectivity index (χ3v) is 3.54. The quantitative estimate of drug-likeness (QED) is 0.850. The second-order valence-corrected chi connectivity index (χ2v) is 5.04. The first kappa shape index (κ1) is 11.9. The van der Waals surface area contributed by atoms with E-state index in [2.05, 4.69) is 5.32 Å². The van der Waals surface area contributed by atoms with E-state index < -0.39 is 0 Å². The first-order valence-electron chi connectivity index (χ1n) is 5.97. The van der Waals surface area contributed by atoms with Crippen LogP contribution in [0.4, 0.5) is 0 Å². The maximum Gasteiger partial charge on any atom is 0.0406 e. The summed E-state index contributed by atoms with van der Waals surface area (Å²) in [5.41, 5.74) is 7.39. The first-order chi connectivity index (χ1) is 7.75. The molecule has 0 bridgehead atoms. The molecule has 2 unspecified atom stereocenters. The summed E-state index contributed by atoms with van der Waals surface area (Å²) < 4.78 is 0. The number of halogens is 1. The van der Waals surface area contributed by atoms with E-state index in [-0.39, 0.29) is 6.04 Å². The molecule has 0 aromatic heterocycles. The zero-order chi connectivity index (χ0) is 11.4. The molecule has 16 heavy (non-hydrogen) atoms. The molecule has 0 aliphatic carbocycles. The molecule has 1 aliphatic rings. The van der Waals surface area contributed by atoms with Crippen LogP contribution in [0.3, 0.4) is 0 Å². The Morgan fingerprint density at radius 1 is 1.38 bits per heavy atom. The minimum Gasteiger partial charge on any atom is -0.324 e. The Hall–Kier alpha value is -0.570. The minimum atomic E-state index is 0.141. The van der Waals surface area contributed by atoms with Crippen molar-refractivity contribution in [2.24, 2.45) is 11.7 Å². The minimum absolute atomic E-state index is 0.141. The van der Waals surface area contributed by atoms with Gasteiger partial charge in [-0.3, -0.25) is 0 Å². The van der Waals surface area contributed by atoms with Gasteiger partial charge in [0.2, 0.25) is 0 Å². The highest BCUT2D eigenvalue weighted by Gasteiger charge is 2.17. The predicted molar refractivity (Wildman–Crippen MR) is 68.6 cm³/mol. The topological polar surface area (TPSA) is 38.0 Å². The van der Waals surface area contributed by atoms with E-state index in [1.165, 1.54) is 18.4 Å². The number of rotatable bonds is 3.